The third-order valence-corrected chi connectivity index (χ3v) is 0.871. The zero-order valence-corrected chi connectivity index (χ0v) is 6.19. The lowest BCUT2D eigenvalue weighted by Gasteiger charge is -2.08. The SMILES string of the molecule is CCOC(=O)NC(C)CF. The second-order valence-electron chi connectivity index (χ2n) is 1.92. The summed E-state index contributed by atoms with van der Waals surface area (Å²) in [5, 5.41) is 2.29. The highest BCUT2D eigenvalue weighted by molar-refractivity contribution is 5.67. The molecule has 0 aromatic heterocycles. The minimum Gasteiger partial charge on any atom is -0.450 e. The maximum absolute atomic E-state index is 11.7. The van der Waals surface area contributed by atoms with E-state index in [2.05, 4.69) is 10.1 Å². The highest BCUT2D eigenvalue weighted by Gasteiger charge is 2.05. The summed E-state index contributed by atoms with van der Waals surface area (Å²) in [5.41, 5.74) is 0. The molecule has 3 nitrogen and oxygen atoms in total. The smallest absolute Gasteiger partial charge is 0.407 e. The fraction of sp³-hybridized carbons (Fsp3) is 0.833. The number of amides is 1. The van der Waals surface area contributed by atoms with Crippen molar-refractivity contribution in [2.75, 3.05) is 13.3 Å². The zero-order chi connectivity index (χ0) is 7.98. The van der Waals surface area contributed by atoms with Gasteiger partial charge >= 0.3 is 6.09 Å². The third kappa shape index (κ3) is 4.12. The Morgan fingerprint density at radius 3 is 2.80 bits per heavy atom. The van der Waals surface area contributed by atoms with Crippen LogP contribution in [0.15, 0.2) is 0 Å². The standard InChI is InChI=1S/C6H12FNO2/c1-3-10-6(9)8-5(2)4-7/h5H,3-4H2,1-2H3,(H,8,9). The van der Waals surface area contributed by atoms with E-state index in [1.54, 1.807) is 13.8 Å². The first-order valence-corrected chi connectivity index (χ1v) is 3.20. The minimum atomic E-state index is -0.571. The summed E-state index contributed by atoms with van der Waals surface area (Å²) >= 11 is 0. The second kappa shape index (κ2) is 5.02. The Hall–Kier alpha value is -0.800. The van der Waals surface area contributed by atoms with E-state index < -0.39 is 18.8 Å². The van der Waals surface area contributed by atoms with E-state index in [1.807, 2.05) is 0 Å². The fourth-order valence-corrected chi connectivity index (χ4v) is 0.413. The first kappa shape index (κ1) is 9.20. The lowest BCUT2D eigenvalue weighted by atomic mass is 10.4. The predicted octanol–water partition coefficient (Wildman–Crippen LogP) is 1.09. The van der Waals surface area contributed by atoms with E-state index >= 15 is 0 Å². The molecule has 0 bridgehead atoms. The summed E-state index contributed by atoms with van der Waals surface area (Å²) in [6.45, 7) is 3.00. The molecule has 0 spiro atoms. The molecule has 0 heterocycles. The van der Waals surface area contributed by atoms with E-state index in [-0.39, 0.29) is 0 Å². The Bertz CT molecular complexity index is 108. The molecule has 10 heavy (non-hydrogen) atoms. The van der Waals surface area contributed by atoms with Gasteiger partial charge < -0.3 is 10.1 Å². The number of rotatable bonds is 3. The Balaban J connectivity index is 3.37. The molecule has 1 unspecified atom stereocenters. The van der Waals surface area contributed by atoms with Crippen molar-refractivity contribution in [3.63, 3.8) is 0 Å². The Labute approximate surface area is 59.6 Å². The van der Waals surface area contributed by atoms with Crippen LogP contribution in [0.5, 0.6) is 0 Å². The summed E-state index contributed by atoms with van der Waals surface area (Å²) in [7, 11) is 0. The van der Waals surface area contributed by atoms with Crippen molar-refractivity contribution in [1.29, 1.82) is 0 Å². The van der Waals surface area contributed by atoms with E-state index in [0.29, 0.717) is 6.61 Å². The molecule has 1 amide bonds. The summed E-state index contributed by atoms with van der Waals surface area (Å²) in [6, 6.07) is -0.459. The van der Waals surface area contributed by atoms with Crippen LogP contribution in [0.1, 0.15) is 13.8 Å². The summed E-state index contributed by atoms with van der Waals surface area (Å²) in [4.78, 5) is 10.5. The maximum Gasteiger partial charge on any atom is 0.407 e. The largest absolute Gasteiger partial charge is 0.450 e. The van der Waals surface area contributed by atoms with Crippen molar-refractivity contribution >= 4 is 6.09 Å². The zero-order valence-electron chi connectivity index (χ0n) is 6.19. The molecule has 1 atom stereocenters. The Morgan fingerprint density at radius 2 is 2.40 bits per heavy atom. The Kier molecular flexibility index (Phi) is 4.62. The summed E-state index contributed by atoms with van der Waals surface area (Å²) in [6.07, 6.45) is -0.562. The van der Waals surface area contributed by atoms with Gasteiger partial charge in [-0.1, -0.05) is 0 Å². The minimum absolute atomic E-state index is 0.310. The molecule has 0 aliphatic rings. The second-order valence-corrected chi connectivity index (χ2v) is 1.92. The average molecular weight is 149 g/mol. The molecule has 60 valence electrons. The van der Waals surface area contributed by atoms with Crippen LogP contribution in [0.2, 0.25) is 0 Å². The van der Waals surface area contributed by atoms with Crippen LogP contribution in [0.4, 0.5) is 9.18 Å². The van der Waals surface area contributed by atoms with Gasteiger partial charge in [0.15, 0.2) is 0 Å². The van der Waals surface area contributed by atoms with Gasteiger partial charge in [-0.15, -0.1) is 0 Å². The molecular formula is C6H12FNO2. The molecule has 0 aromatic rings. The number of nitrogens with one attached hydrogen (secondary N) is 1. The highest BCUT2D eigenvalue weighted by atomic mass is 19.1. The molecule has 1 N–H and O–H groups in total. The van der Waals surface area contributed by atoms with Crippen LogP contribution >= 0.6 is 0 Å². The van der Waals surface area contributed by atoms with Gasteiger partial charge in [-0.25, -0.2) is 9.18 Å². The number of hydrogen-bond donors (Lipinski definition) is 1. The van der Waals surface area contributed by atoms with Gasteiger partial charge in [-0.3, -0.25) is 0 Å². The molecule has 0 aliphatic carbocycles. The van der Waals surface area contributed by atoms with Crippen molar-refractivity contribution in [3.05, 3.63) is 0 Å². The number of halogens is 1. The summed E-state index contributed by atoms with van der Waals surface area (Å²) in [5.74, 6) is 0. The number of hydrogen-bond acceptors (Lipinski definition) is 2. The monoisotopic (exact) mass is 149 g/mol. The topological polar surface area (TPSA) is 38.3 Å². The Morgan fingerprint density at radius 1 is 1.80 bits per heavy atom. The van der Waals surface area contributed by atoms with Gasteiger partial charge in [-0.05, 0) is 13.8 Å². The van der Waals surface area contributed by atoms with Crippen LogP contribution in [-0.2, 0) is 4.74 Å². The molecule has 0 aliphatic heterocycles. The van der Waals surface area contributed by atoms with E-state index in [4.69, 9.17) is 0 Å². The molecule has 0 fully saturated rings. The van der Waals surface area contributed by atoms with Gasteiger partial charge in [0, 0.05) is 0 Å². The summed E-state index contributed by atoms with van der Waals surface area (Å²) < 4.78 is 16.2. The van der Waals surface area contributed by atoms with Gasteiger partial charge in [-0.2, -0.15) is 0 Å². The van der Waals surface area contributed by atoms with Crippen molar-refractivity contribution in [1.82, 2.24) is 5.32 Å². The first-order chi connectivity index (χ1) is 4.70. The van der Waals surface area contributed by atoms with Gasteiger partial charge in [0.25, 0.3) is 0 Å². The molecule has 0 radical (unpaired) electrons. The van der Waals surface area contributed by atoms with Gasteiger partial charge in [0.05, 0.1) is 12.6 Å². The van der Waals surface area contributed by atoms with E-state index in [1.165, 1.54) is 0 Å². The molecule has 0 saturated carbocycles. The van der Waals surface area contributed by atoms with Gasteiger partial charge in [0.1, 0.15) is 6.67 Å². The van der Waals surface area contributed by atoms with Crippen molar-refractivity contribution in [2.24, 2.45) is 0 Å². The van der Waals surface area contributed by atoms with Crippen molar-refractivity contribution in [2.45, 2.75) is 19.9 Å². The fourth-order valence-electron chi connectivity index (χ4n) is 0.413. The quantitative estimate of drug-likeness (QED) is 0.652. The molecular weight excluding hydrogens is 137 g/mol. The normalized spacial score (nSPS) is 12.3. The van der Waals surface area contributed by atoms with Crippen LogP contribution in [0.3, 0.4) is 0 Å². The maximum atomic E-state index is 11.7. The number of ether oxygens (including phenoxy) is 1. The van der Waals surface area contributed by atoms with E-state index in [9.17, 15) is 9.18 Å². The van der Waals surface area contributed by atoms with Crippen LogP contribution in [-0.4, -0.2) is 25.4 Å². The van der Waals surface area contributed by atoms with E-state index in [0.717, 1.165) is 0 Å². The van der Waals surface area contributed by atoms with Crippen LogP contribution < -0.4 is 5.32 Å². The number of alkyl halides is 1. The third-order valence-electron chi connectivity index (χ3n) is 0.871. The molecule has 0 aromatic carbocycles. The predicted molar refractivity (Wildman–Crippen MR) is 35.6 cm³/mol. The van der Waals surface area contributed by atoms with Crippen LogP contribution in [0, 0.1) is 0 Å². The van der Waals surface area contributed by atoms with Crippen LogP contribution in [0.25, 0.3) is 0 Å². The van der Waals surface area contributed by atoms with Gasteiger partial charge in [0.2, 0.25) is 0 Å². The number of alkyl carbamates (subject to hydrolysis) is 1. The molecule has 0 rings (SSSR count). The molecule has 0 saturated heterocycles. The molecule has 4 heteroatoms. The average Bonchev–Trinajstić information content (AvgIpc) is 1.88. The van der Waals surface area contributed by atoms with Crippen molar-refractivity contribution < 1.29 is 13.9 Å². The lowest BCUT2D eigenvalue weighted by molar-refractivity contribution is 0.147. The van der Waals surface area contributed by atoms with Crippen molar-refractivity contribution in [3.8, 4) is 0 Å². The first-order valence-electron chi connectivity index (χ1n) is 3.20. The number of carbonyl (C=O) groups excluding carboxylic acids is 1. The number of carbonyl (C=O) groups is 1. The highest BCUT2D eigenvalue weighted by Crippen LogP contribution is 1.84. The lowest BCUT2D eigenvalue weighted by Crippen LogP contribution is -2.34.